The molecule has 1 heterocycles. The van der Waals surface area contributed by atoms with E-state index >= 15 is 0 Å². The minimum Gasteiger partial charge on any atom is -0.454 e. The fraction of sp³-hybridized carbons (Fsp3) is 0.259. The fourth-order valence-corrected chi connectivity index (χ4v) is 4.34. The number of nitrogens with one attached hydrogen (secondary N) is 1. The molecule has 168 valence electrons. The summed E-state index contributed by atoms with van der Waals surface area (Å²) >= 11 is 0. The molecule has 1 N–H and O–H groups in total. The van der Waals surface area contributed by atoms with Crippen molar-refractivity contribution in [3.8, 4) is 22.6 Å². The van der Waals surface area contributed by atoms with Gasteiger partial charge >= 0.3 is 0 Å². The van der Waals surface area contributed by atoms with Crippen LogP contribution in [0.5, 0.6) is 11.5 Å². The average Bonchev–Trinajstić information content (AvgIpc) is 3.51. The van der Waals surface area contributed by atoms with Gasteiger partial charge in [0.15, 0.2) is 11.5 Å². The van der Waals surface area contributed by atoms with E-state index in [-0.39, 0.29) is 18.6 Å². The first-order chi connectivity index (χ1) is 15.9. The Labute approximate surface area is 193 Å². The maximum atomic E-state index is 13.4. The summed E-state index contributed by atoms with van der Waals surface area (Å²) in [7, 11) is 3.48. The first-order valence-corrected chi connectivity index (χ1v) is 11.0. The van der Waals surface area contributed by atoms with Gasteiger partial charge < -0.3 is 19.7 Å². The number of hydrogen-bond acceptors (Lipinski definition) is 4. The average molecular weight is 443 g/mol. The quantitative estimate of drug-likeness (QED) is 0.619. The Balaban J connectivity index is 1.38. The Bertz CT molecular complexity index is 1240. The number of fused-ring (bicyclic) bond motifs is 1. The van der Waals surface area contributed by atoms with Crippen LogP contribution < -0.4 is 14.8 Å². The molecule has 2 aliphatic rings. The van der Waals surface area contributed by atoms with Gasteiger partial charge in [-0.2, -0.15) is 0 Å². The van der Waals surface area contributed by atoms with Crippen molar-refractivity contribution < 1.29 is 19.1 Å². The van der Waals surface area contributed by atoms with Gasteiger partial charge in [0.2, 0.25) is 12.7 Å². The molecule has 0 radical (unpaired) electrons. The number of carbonyl (C=O) groups excluding carboxylic acids is 2. The summed E-state index contributed by atoms with van der Waals surface area (Å²) in [5, 5.41) is 3.16. The summed E-state index contributed by atoms with van der Waals surface area (Å²) in [5.74, 6) is 1.38. The van der Waals surface area contributed by atoms with Crippen LogP contribution in [0.3, 0.4) is 0 Å². The molecule has 1 aliphatic carbocycles. The summed E-state index contributed by atoms with van der Waals surface area (Å²) in [6.07, 6.45) is 1.61. The number of benzene rings is 3. The van der Waals surface area contributed by atoms with Gasteiger partial charge in [-0.15, -0.1) is 0 Å². The van der Waals surface area contributed by atoms with Crippen LogP contribution in [0.15, 0.2) is 60.7 Å². The number of rotatable bonds is 5. The second-order valence-electron chi connectivity index (χ2n) is 8.86. The number of hydrogen-bond donors (Lipinski definition) is 1. The van der Waals surface area contributed by atoms with Crippen LogP contribution in [0.4, 0.5) is 5.69 Å². The third kappa shape index (κ3) is 3.71. The van der Waals surface area contributed by atoms with E-state index in [1.54, 1.807) is 19.0 Å². The van der Waals surface area contributed by atoms with Crippen LogP contribution in [-0.4, -0.2) is 37.6 Å². The topological polar surface area (TPSA) is 67.9 Å². The molecule has 3 aromatic rings. The predicted molar refractivity (Wildman–Crippen MR) is 127 cm³/mol. The number of anilines is 1. The van der Waals surface area contributed by atoms with E-state index in [4.69, 9.17) is 9.47 Å². The van der Waals surface area contributed by atoms with Gasteiger partial charge in [-0.05, 0) is 72.4 Å². The third-order valence-electron chi connectivity index (χ3n) is 6.54. The summed E-state index contributed by atoms with van der Waals surface area (Å²) in [4.78, 5) is 27.1. The third-order valence-corrected chi connectivity index (χ3v) is 6.54. The SMILES string of the molecule is Cc1c(NC(=O)C2(c3ccc4c(c3)OCO4)CC2)cccc1-c1ccc(C(=O)N(C)C)cc1. The molecule has 0 atom stereocenters. The van der Waals surface area contributed by atoms with E-state index in [1.165, 1.54) is 0 Å². The number of carbonyl (C=O) groups is 2. The van der Waals surface area contributed by atoms with E-state index in [0.717, 1.165) is 46.5 Å². The smallest absolute Gasteiger partial charge is 0.253 e. The minimum atomic E-state index is -0.530. The Morgan fingerprint density at radius 1 is 0.939 bits per heavy atom. The summed E-state index contributed by atoms with van der Waals surface area (Å²) in [6, 6.07) is 19.2. The van der Waals surface area contributed by atoms with Gasteiger partial charge in [0.25, 0.3) is 5.91 Å². The molecule has 6 heteroatoms. The van der Waals surface area contributed by atoms with Crippen molar-refractivity contribution >= 4 is 17.5 Å². The van der Waals surface area contributed by atoms with Gasteiger partial charge in [-0.3, -0.25) is 9.59 Å². The van der Waals surface area contributed by atoms with Gasteiger partial charge in [0.1, 0.15) is 0 Å². The molecule has 0 bridgehead atoms. The van der Waals surface area contributed by atoms with Crippen LogP contribution >= 0.6 is 0 Å². The Morgan fingerprint density at radius 3 is 2.36 bits per heavy atom. The van der Waals surface area contributed by atoms with Gasteiger partial charge in [0, 0.05) is 25.3 Å². The molecule has 0 spiro atoms. The molecule has 1 fully saturated rings. The number of amides is 2. The first-order valence-electron chi connectivity index (χ1n) is 11.0. The van der Waals surface area contributed by atoms with E-state index in [1.807, 2.05) is 67.6 Å². The molecule has 0 aromatic heterocycles. The zero-order valence-corrected chi connectivity index (χ0v) is 19.0. The van der Waals surface area contributed by atoms with Gasteiger partial charge in [-0.1, -0.05) is 30.3 Å². The van der Waals surface area contributed by atoms with Crippen LogP contribution in [0.2, 0.25) is 0 Å². The van der Waals surface area contributed by atoms with Crippen molar-refractivity contribution in [2.75, 3.05) is 26.2 Å². The number of ether oxygens (including phenoxy) is 2. The van der Waals surface area contributed by atoms with E-state index in [2.05, 4.69) is 5.32 Å². The maximum Gasteiger partial charge on any atom is 0.253 e. The molecule has 2 amide bonds. The molecule has 3 aromatic carbocycles. The number of nitrogens with zero attached hydrogens (tertiary/aromatic N) is 1. The van der Waals surface area contributed by atoms with E-state index < -0.39 is 5.41 Å². The molecule has 1 saturated carbocycles. The van der Waals surface area contributed by atoms with E-state index in [9.17, 15) is 9.59 Å². The maximum absolute atomic E-state index is 13.4. The highest BCUT2D eigenvalue weighted by molar-refractivity contribution is 6.02. The van der Waals surface area contributed by atoms with Crippen LogP contribution in [0, 0.1) is 6.92 Å². The molecule has 0 saturated heterocycles. The molecule has 6 nitrogen and oxygen atoms in total. The Morgan fingerprint density at radius 2 is 1.67 bits per heavy atom. The lowest BCUT2D eigenvalue weighted by atomic mass is 9.93. The first kappa shape index (κ1) is 21.1. The zero-order chi connectivity index (χ0) is 23.2. The molecular formula is C27H26N2O4. The fourth-order valence-electron chi connectivity index (χ4n) is 4.34. The minimum absolute atomic E-state index is 0.00598. The lowest BCUT2D eigenvalue weighted by Gasteiger charge is -2.19. The van der Waals surface area contributed by atoms with Crippen molar-refractivity contribution in [1.29, 1.82) is 0 Å². The molecular weight excluding hydrogens is 416 g/mol. The lowest BCUT2D eigenvalue weighted by molar-refractivity contribution is -0.118. The van der Waals surface area contributed by atoms with Crippen molar-refractivity contribution in [2.45, 2.75) is 25.2 Å². The highest BCUT2D eigenvalue weighted by Gasteiger charge is 2.51. The standard InChI is InChI=1S/C27H26N2O4/c1-17-21(18-7-9-19(10-8-18)25(30)29(2)3)5-4-6-22(17)28-26(31)27(13-14-27)20-11-12-23-24(15-20)33-16-32-23/h4-12,15H,13-14,16H2,1-3H3,(H,28,31). The lowest BCUT2D eigenvalue weighted by Crippen LogP contribution is -2.28. The second-order valence-corrected chi connectivity index (χ2v) is 8.86. The largest absolute Gasteiger partial charge is 0.454 e. The van der Waals surface area contributed by atoms with Crippen molar-refractivity contribution in [3.63, 3.8) is 0 Å². The molecule has 1 aliphatic heterocycles. The van der Waals surface area contributed by atoms with Crippen LogP contribution in [-0.2, 0) is 10.2 Å². The summed E-state index contributed by atoms with van der Waals surface area (Å²) in [6.45, 7) is 2.22. The van der Waals surface area contributed by atoms with E-state index in [0.29, 0.717) is 11.3 Å². The Kier molecular flexibility index (Phi) is 5.08. The van der Waals surface area contributed by atoms with Gasteiger partial charge in [-0.25, -0.2) is 0 Å². The molecule has 5 rings (SSSR count). The van der Waals surface area contributed by atoms with Gasteiger partial charge in [0.05, 0.1) is 5.41 Å². The predicted octanol–water partition coefficient (Wildman–Crippen LogP) is 4.76. The monoisotopic (exact) mass is 442 g/mol. The molecule has 0 unspecified atom stereocenters. The Hall–Kier alpha value is -3.80. The zero-order valence-electron chi connectivity index (χ0n) is 19.0. The van der Waals surface area contributed by atoms with Crippen molar-refractivity contribution in [3.05, 3.63) is 77.4 Å². The highest BCUT2D eigenvalue weighted by Crippen LogP contribution is 2.51. The second kappa shape index (κ2) is 7.96. The highest BCUT2D eigenvalue weighted by atomic mass is 16.7. The van der Waals surface area contributed by atoms with Crippen LogP contribution in [0.1, 0.15) is 34.3 Å². The van der Waals surface area contributed by atoms with Crippen molar-refractivity contribution in [1.82, 2.24) is 4.90 Å². The summed E-state index contributed by atoms with van der Waals surface area (Å²) < 4.78 is 10.9. The molecule has 33 heavy (non-hydrogen) atoms. The van der Waals surface area contributed by atoms with Crippen molar-refractivity contribution in [2.24, 2.45) is 0 Å². The summed E-state index contributed by atoms with van der Waals surface area (Å²) in [5.41, 5.74) is 4.86. The van der Waals surface area contributed by atoms with Crippen LogP contribution in [0.25, 0.3) is 11.1 Å². The normalized spacial score (nSPS) is 15.1.